The van der Waals surface area contributed by atoms with E-state index in [1.165, 1.54) is 6.07 Å². The Morgan fingerprint density at radius 1 is 1.40 bits per heavy atom. The van der Waals surface area contributed by atoms with Crippen LogP contribution in [-0.2, 0) is 6.42 Å². The van der Waals surface area contributed by atoms with Crippen LogP contribution in [0.5, 0.6) is 0 Å². The number of aliphatic hydroxyl groups excluding tert-OH is 1. The number of halogens is 2. The molecule has 84 valence electrons. The maximum Gasteiger partial charge on any atom is 0.127 e. The Kier molecular flexibility index (Phi) is 5.02. The molecule has 0 saturated carbocycles. The first-order chi connectivity index (χ1) is 7.15. The van der Waals surface area contributed by atoms with Crippen LogP contribution < -0.4 is 0 Å². The Bertz CT molecular complexity index is 299. The van der Waals surface area contributed by atoms with E-state index < -0.39 is 0 Å². The lowest BCUT2D eigenvalue weighted by Crippen LogP contribution is -2.24. The molecular weight excluding hydrogens is 217 g/mol. The minimum Gasteiger partial charge on any atom is -0.395 e. The molecule has 0 saturated heterocycles. The van der Waals surface area contributed by atoms with E-state index in [0.717, 1.165) is 0 Å². The van der Waals surface area contributed by atoms with Gasteiger partial charge in [-0.25, -0.2) is 4.39 Å². The van der Waals surface area contributed by atoms with Crippen molar-refractivity contribution < 1.29 is 9.50 Å². The predicted octanol–water partition coefficient (Wildman–Crippen LogP) is 1.95. The van der Waals surface area contributed by atoms with Gasteiger partial charge in [-0.3, -0.25) is 0 Å². The molecule has 0 spiro atoms. The minimum atomic E-state index is -0.264. The van der Waals surface area contributed by atoms with E-state index in [1.54, 1.807) is 12.1 Å². The number of likely N-dealkylation sites (N-methyl/N-ethyl adjacent to an activating group) is 1. The molecule has 1 aromatic carbocycles. The number of hydrogen-bond acceptors (Lipinski definition) is 2. The normalized spacial score (nSPS) is 11.0. The van der Waals surface area contributed by atoms with E-state index in [4.69, 9.17) is 16.7 Å². The van der Waals surface area contributed by atoms with Gasteiger partial charge in [-0.15, -0.1) is 0 Å². The topological polar surface area (TPSA) is 23.5 Å². The summed E-state index contributed by atoms with van der Waals surface area (Å²) >= 11 is 5.88. The summed E-state index contributed by atoms with van der Waals surface area (Å²) in [7, 11) is 1.88. The predicted molar refractivity (Wildman–Crippen MR) is 59.7 cm³/mol. The van der Waals surface area contributed by atoms with Crippen LogP contribution in [-0.4, -0.2) is 36.8 Å². The lowest BCUT2D eigenvalue weighted by atomic mass is 10.1. The second-order valence-corrected chi connectivity index (χ2v) is 3.88. The highest BCUT2D eigenvalue weighted by molar-refractivity contribution is 6.31. The molecule has 1 rings (SSSR count). The SMILES string of the molecule is CN(CCO)CCc1c(F)cccc1Cl. The highest BCUT2D eigenvalue weighted by Gasteiger charge is 2.07. The van der Waals surface area contributed by atoms with Crippen LogP contribution in [0.3, 0.4) is 0 Å². The standard InChI is InChI=1S/C11H15ClFNO/c1-14(7-8-15)6-5-9-10(12)3-2-4-11(9)13/h2-4,15H,5-8H2,1H3. The van der Waals surface area contributed by atoms with Gasteiger partial charge in [-0.2, -0.15) is 0 Å². The molecule has 0 amide bonds. The van der Waals surface area contributed by atoms with Crippen LogP contribution in [0.1, 0.15) is 5.56 Å². The first kappa shape index (κ1) is 12.4. The fourth-order valence-electron chi connectivity index (χ4n) is 1.36. The van der Waals surface area contributed by atoms with Crippen molar-refractivity contribution in [3.63, 3.8) is 0 Å². The molecule has 1 N–H and O–H groups in total. The maximum atomic E-state index is 13.3. The first-order valence-corrected chi connectivity index (χ1v) is 5.25. The van der Waals surface area contributed by atoms with E-state index in [0.29, 0.717) is 30.1 Å². The molecule has 0 bridgehead atoms. The van der Waals surface area contributed by atoms with Crippen LogP contribution in [0.2, 0.25) is 5.02 Å². The maximum absolute atomic E-state index is 13.3. The Labute approximate surface area is 94.3 Å². The highest BCUT2D eigenvalue weighted by Crippen LogP contribution is 2.19. The van der Waals surface area contributed by atoms with Crippen molar-refractivity contribution in [1.29, 1.82) is 0 Å². The summed E-state index contributed by atoms with van der Waals surface area (Å²) in [4.78, 5) is 1.93. The third-order valence-electron chi connectivity index (χ3n) is 2.29. The van der Waals surface area contributed by atoms with Crippen molar-refractivity contribution in [1.82, 2.24) is 4.90 Å². The molecule has 0 aliphatic heterocycles. The Morgan fingerprint density at radius 2 is 2.13 bits per heavy atom. The van der Waals surface area contributed by atoms with Gasteiger partial charge in [0.2, 0.25) is 0 Å². The van der Waals surface area contributed by atoms with Gasteiger partial charge in [-0.05, 0) is 25.6 Å². The van der Waals surface area contributed by atoms with Crippen molar-refractivity contribution in [3.8, 4) is 0 Å². The van der Waals surface area contributed by atoms with Crippen LogP contribution in [0.4, 0.5) is 4.39 Å². The lowest BCUT2D eigenvalue weighted by Gasteiger charge is -2.15. The van der Waals surface area contributed by atoms with Crippen LogP contribution in [0.25, 0.3) is 0 Å². The van der Waals surface area contributed by atoms with E-state index in [-0.39, 0.29) is 12.4 Å². The number of aliphatic hydroxyl groups is 1. The molecule has 1 aromatic rings. The third-order valence-corrected chi connectivity index (χ3v) is 2.64. The molecule has 0 radical (unpaired) electrons. The zero-order chi connectivity index (χ0) is 11.3. The molecule has 0 fully saturated rings. The number of benzene rings is 1. The second kappa shape index (κ2) is 6.05. The van der Waals surface area contributed by atoms with Crippen molar-refractivity contribution in [2.75, 3.05) is 26.7 Å². The van der Waals surface area contributed by atoms with Gasteiger partial charge < -0.3 is 10.0 Å². The van der Waals surface area contributed by atoms with E-state index in [9.17, 15) is 4.39 Å². The quantitative estimate of drug-likeness (QED) is 0.837. The average Bonchev–Trinajstić information content (AvgIpc) is 2.17. The zero-order valence-corrected chi connectivity index (χ0v) is 9.47. The summed E-state index contributed by atoms with van der Waals surface area (Å²) < 4.78 is 13.3. The largest absolute Gasteiger partial charge is 0.395 e. The summed E-state index contributed by atoms with van der Waals surface area (Å²) in [5, 5.41) is 9.17. The van der Waals surface area contributed by atoms with E-state index >= 15 is 0 Å². The van der Waals surface area contributed by atoms with E-state index in [2.05, 4.69) is 0 Å². The zero-order valence-electron chi connectivity index (χ0n) is 8.71. The summed E-state index contributed by atoms with van der Waals surface area (Å²) in [6, 6.07) is 4.69. The van der Waals surface area contributed by atoms with Crippen molar-refractivity contribution >= 4 is 11.6 Å². The molecule has 15 heavy (non-hydrogen) atoms. The van der Waals surface area contributed by atoms with Gasteiger partial charge in [-0.1, -0.05) is 17.7 Å². The fourth-order valence-corrected chi connectivity index (χ4v) is 1.61. The summed E-state index contributed by atoms with van der Waals surface area (Å²) in [6.45, 7) is 1.38. The Hall–Kier alpha value is -0.640. The van der Waals surface area contributed by atoms with Gasteiger partial charge >= 0.3 is 0 Å². The van der Waals surface area contributed by atoms with E-state index in [1.807, 2.05) is 11.9 Å². The molecule has 4 heteroatoms. The molecule has 0 aromatic heterocycles. The smallest absolute Gasteiger partial charge is 0.127 e. The third kappa shape index (κ3) is 3.78. The second-order valence-electron chi connectivity index (χ2n) is 3.48. The Balaban J connectivity index is 2.57. The summed E-state index contributed by atoms with van der Waals surface area (Å²) in [5.41, 5.74) is 0.545. The van der Waals surface area contributed by atoms with Crippen molar-refractivity contribution in [2.24, 2.45) is 0 Å². The fraction of sp³-hybridized carbons (Fsp3) is 0.455. The highest BCUT2D eigenvalue weighted by atomic mass is 35.5. The first-order valence-electron chi connectivity index (χ1n) is 4.87. The monoisotopic (exact) mass is 231 g/mol. The molecule has 0 atom stereocenters. The number of hydrogen-bond donors (Lipinski definition) is 1. The van der Waals surface area contributed by atoms with Crippen molar-refractivity contribution in [2.45, 2.75) is 6.42 Å². The Morgan fingerprint density at radius 3 is 2.73 bits per heavy atom. The average molecular weight is 232 g/mol. The summed E-state index contributed by atoms with van der Waals surface area (Å²) in [5.74, 6) is -0.264. The van der Waals surface area contributed by atoms with Gasteiger partial charge in [0, 0.05) is 23.7 Å². The molecule has 2 nitrogen and oxygen atoms in total. The molecular formula is C11H15ClFNO. The van der Waals surface area contributed by atoms with Gasteiger partial charge in [0.25, 0.3) is 0 Å². The van der Waals surface area contributed by atoms with Crippen LogP contribution >= 0.6 is 11.6 Å². The molecule has 0 heterocycles. The number of rotatable bonds is 5. The minimum absolute atomic E-state index is 0.113. The summed E-state index contributed by atoms with van der Waals surface area (Å²) in [6.07, 6.45) is 0.558. The van der Waals surface area contributed by atoms with Gasteiger partial charge in [0.1, 0.15) is 5.82 Å². The van der Waals surface area contributed by atoms with Crippen LogP contribution in [0, 0.1) is 5.82 Å². The molecule has 0 unspecified atom stereocenters. The van der Waals surface area contributed by atoms with Gasteiger partial charge in [0.15, 0.2) is 0 Å². The van der Waals surface area contributed by atoms with Gasteiger partial charge in [0.05, 0.1) is 6.61 Å². The van der Waals surface area contributed by atoms with Crippen LogP contribution in [0.15, 0.2) is 18.2 Å². The lowest BCUT2D eigenvalue weighted by molar-refractivity contribution is 0.222. The number of nitrogens with zero attached hydrogens (tertiary/aromatic N) is 1. The molecule has 0 aliphatic rings. The molecule has 0 aliphatic carbocycles. The van der Waals surface area contributed by atoms with Crippen molar-refractivity contribution in [3.05, 3.63) is 34.6 Å².